The number of imidazole rings is 1. The Hall–Kier alpha value is -2.12. The van der Waals surface area contributed by atoms with Gasteiger partial charge < -0.3 is 4.57 Å². The first-order chi connectivity index (χ1) is 8.20. The smallest absolute Gasteiger partial charge is 0.213 e. The second-order valence-corrected chi connectivity index (χ2v) is 3.86. The molecule has 0 spiro atoms. The highest BCUT2D eigenvalue weighted by Gasteiger charge is 2.09. The zero-order valence-corrected chi connectivity index (χ0v) is 9.55. The van der Waals surface area contributed by atoms with Gasteiger partial charge in [-0.3, -0.25) is 4.79 Å². The van der Waals surface area contributed by atoms with E-state index in [4.69, 9.17) is 16.9 Å². The highest BCUT2D eigenvalue weighted by molar-refractivity contribution is 6.31. The second-order valence-electron chi connectivity index (χ2n) is 3.42. The van der Waals surface area contributed by atoms with Crippen LogP contribution in [0, 0.1) is 11.3 Å². The molecule has 1 aromatic carbocycles. The van der Waals surface area contributed by atoms with Gasteiger partial charge in [-0.2, -0.15) is 5.26 Å². The van der Waals surface area contributed by atoms with Crippen LogP contribution in [-0.4, -0.2) is 15.3 Å². The lowest BCUT2D eigenvalue weighted by Crippen LogP contribution is -2.11. The topological polar surface area (TPSA) is 58.7 Å². The molecule has 0 saturated carbocycles. The normalized spacial score (nSPS) is 9.88. The first kappa shape index (κ1) is 11.4. The fourth-order valence-electron chi connectivity index (χ4n) is 1.46. The molecule has 0 saturated heterocycles. The minimum Gasteiger partial charge on any atom is -0.315 e. The van der Waals surface area contributed by atoms with Crippen molar-refractivity contribution in [2.45, 2.75) is 6.54 Å². The minimum atomic E-state index is -0.109. The first-order valence-electron chi connectivity index (χ1n) is 4.90. The lowest BCUT2D eigenvalue weighted by atomic mass is 10.1. The Bertz CT molecular complexity index is 598. The van der Waals surface area contributed by atoms with Gasteiger partial charge in [-0.1, -0.05) is 23.7 Å². The van der Waals surface area contributed by atoms with Crippen molar-refractivity contribution in [3.63, 3.8) is 0 Å². The summed E-state index contributed by atoms with van der Waals surface area (Å²) in [5.74, 6) is 0.113. The summed E-state index contributed by atoms with van der Waals surface area (Å²) in [6.07, 6.45) is 3.09. The van der Waals surface area contributed by atoms with E-state index < -0.39 is 0 Å². The molecule has 0 amide bonds. The van der Waals surface area contributed by atoms with E-state index in [1.807, 2.05) is 6.07 Å². The number of carbonyl (C=O) groups excluding carboxylic acids is 1. The van der Waals surface area contributed by atoms with Gasteiger partial charge >= 0.3 is 0 Å². The summed E-state index contributed by atoms with van der Waals surface area (Å²) in [5, 5.41) is 9.28. The first-order valence-corrected chi connectivity index (χ1v) is 5.28. The third-order valence-electron chi connectivity index (χ3n) is 2.28. The highest BCUT2D eigenvalue weighted by atomic mass is 35.5. The average molecular weight is 246 g/mol. The fraction of sp³-hybridized carbons (Fsp3) is 0.0833. The van der Waals surface area contributed by atoms with Crippen LogP contribution in [0.25, 0.3) is 0 Å². The molecule has 2 aromatic rings. The van der Waals surface area contributed by atoms with Crippen LogP contribution < -0.4 is 0 Å². The van der Waals surface area contributed by atoms with Crippen LogP contribution in [0.1, 0.15) is 16.2 Å². The van der Waals surface area contributed by atoms with E-state index in [-0.39, 0.29) is 18.2 Å². The molecule has 84 valence electrons. The number of hydrogen-bond donors (Lipinski definition) is 0. The highest BCUT2D eigenvalue weighted by Crippen LogP contribution is 2.12. The van der Waals surface area contributed by atoms with Gasteiger partial charge in [0.2, 0.25) is 5.82 Å². The number of Topliss-reactive ketones (excluding diaryl/α,β-unsaturated/α-hetero) is 1. The predicted octanol–water partition coefficient (Wildman–Crippen LogP) is 2.29. The van der Waals surface area contributed by atoms with Gasteiger partial charge in [-0.15, -0.1) is 0 Å². The van der Waals surface area contributed by atoms with E-state index in [2.05, 4.69) is 4.98 Å². The van der Waals surface area contributed by atoms with Crippen molar-refractivity contribution in [2.75, 3.05) is 0 Å². The van der Waals surface area contributed by atoms with Crippen LogP contribution in [0.4, 0.5) is 0 Å². The molecule has 0 fully saturated rings. The number of aromatic nitrogens is 2. The zero-order valence-electron chi connectivity index (χ0n) is 8.80. The molecule has 1 heterocycles. The number of nitrogens with zero attached hydrogens (tertiary/aromatic N) is 3. The summed E-state index contributed by atoms with van der Waals surface area (Å²) in [7, 11) is 0. The zero-order chi connectivity index (χ0) is 12.3. The average Bonchev–Trinajstić information content (AvgIpc) is 2.76. The molecule has 0 aliphatic carbocycles. The fourth-order valence-corrected chi connectivity index (χ4v) is 1.65. The Labute approximate surface area is 103 Å². The van der Waals surface area contributed by atoms with Crippen molar-refractivity contribution in [1.82, 2.24) is 9.55 Å². The van der Waals surface area contributed by atoms with E-state index >= 15 is 0 Å². The van der Waals surface area contributed by atoms with E-state index in [9.17, 15) is 4.79 Å². The molecule has 17 heavy (non-hydrogen) atoms. The summed E-state index contributed by atoms with van der Waals surface area (Å²) in [5.41, 5.74) is 0.523. The molecule has 0 N–H and O–H groups in total. The van der Waals surface area contributed by atoms with E-state index in [0.29, 0.717) is 10.6 Å². The molecular formula is C12H8ClN3O. The van der Waals surface area contributed by atoms with Crippen LogP contribution in [0.2, 0.25) is 5.02 Å². The third kappa shape index (κ3) is 2.52. The van der Waals surface area contributed by atoms with E-state index in [1.54, 1.807) is 30.5 Å². The van der Waals surface area contributed by atoms with Crippen molar-refractivity contribution in [3.05, 3.63) is 53.1 Å². The van der Waals surface area contributed by atoms with Gasteiger partial charge in [0, 0.05) is 23.0 Å². The van der Waals surface area contributed by atoms with Crippen LogP contribution in [0.3, 0.4) is 0 Å². The molecule has 0 unspecified atom stereocenters. The van der Waals surface area contributed by atoms with Crippen LogP contribution in [-0.2, 0) is 6.54 Å². The van der Waals surface area contributed by atoms with Crippen molar-refractivity contribution in [1.29, 1.82) is 5.26 Å². The van der Waals surface area contributed by atoms with Crippen LogP contribution >= 0.6 is 11.6 Å². The molecular weight excluding hydrogens is 238 g/mol. The molecule has 0 atom stereocenters. The monoisotopic (exact) mass is 245 g/mol. The van der Waals surface area contributed by atoms with Gasteiger partial charge in [0.25, 0.3) is 0 Å². The third-order valence-corrected chi connectivity index (χ3v) is 2.51. The van der Waals surface area contributed by atoms with E-state index in [1.165, 1.54) is 10.8 Å². The number of ketones is 1. The molecule has 2 rings (SSSR count). The van der Waals surface area contributed by atoms with Crippen LogP contribution in [0.5, 0.6) is 0 Å². The number of nitriles is 1. The maximum absolute atomic E-state index is 11.9. The van der Waals surface area contributed by atoms with Crippen molar-refractivity contribution >= 4 is 17.4 Å². The number of hydrogen-bond acceptors (Lipinski definition) is 3. The molecule has 5 heteroatoms. The van der Waals surface area contributed by atoms with Gasteiger partial charge in [0.05, 0.1) is 6.54 Å². The Kier molecular flexibility index (Phi) is 3.22. The lowest BCUT2D eigenvalue weighted by Gasteiger charge is -2.03. The molecule has 0 bridgehead atoms. The van der Waals surface area contributed by atoms with Crippen LogP contribution in [0.15, 0.2) is 36.7 Å². The number of benzene rings is 1. The number of rotatable bonds is 3. The quantitative estimate of drug-likeness (QED) is 0.780. The standard InChI is InChI=1S/C12H8ClN3O/c13-10-3-1-2-9(6-10)11(17)8-16-5-4-15-12(16)7-14/h1-6H,8H2. The Balaban J connectivity index is 2.21. The summed E-state index contributed by atoms with van der Waals surface area (Å²) in [6.45, 7) is 0.0865. The molecule has 1 aromatic heterocycles. The summed E-state index contributed by atoms with van der Waals surface area (Å²) in [6, 6.07) is 8.63. The molecule has 0 aliphatic rings. The largest absolute Gasteiger partial charge is 0.315 e. The molecule has 4 nitrogen and oxygen atoms in total. The van der Waals surface area contributed by atoms with Crippen molar-refractivity contribution in [2.24, 2.45) is 0 Å². The molecule has 0 aliphatic heterocycles. The summed E-state index contributed by atoms with van der Waals surface area (Å²) < 4.78 is 1.50. The predicted molar refractivity (Wildman–Crippen MR) is 62.7 cm³/mol. The summed E-state index contributed by atoms with van der Waals surface area (Å²) in [4.78, 5) is 15.7. The van der Waals surface area contributed by atoms with Crippen molar-refractivity contribution < 1.29 is 4.79 Å². The Morgan fingerprint density at radius 2 is 2.35 bits per heavy atom. The van der Waals surface area contributed by atoms with E-state index in [0.717, 1.165) is 0 Å². The maximum Gasteiger partial charge on any atom is 0.213 e. The Morgan fingerprint density at radius 1 is 1.53 bits per heavy atom. The summed E-state index contributed by atoms with van der Waals surface area (Å²) >= 11 is 5.81. The van der Waals surface area contributed by atoms with Gasteiger partial charge in [-0.05, 0) is 12.1 Å². The van der Waals surface area contributed by atoms with Gasteiger partial charge in [0.15, 0.2) is 5.78 Å². The van der Waals surface area contributed by atoms with Crippen molar-refractivity contribution in [3.8, 4) is 6.07 Å². The minimum absolute atomic E-state index is 0.0865. The lowest BCUT2D eigenvalue weighted by molar-refractivity contribution is 0.0971. The molecule has 0 radical (unpaired) electrons. The number of carbonyl (C=O) groups is 1. The SMILES string of the molecule is N#Cc1nccn1CC(=O)c1cccc(Cl)c1. The van der Waals surface area contributed by atoms with Gasteiger partial charge in [0.1, 0.15) is 6.07 Å². The van der Waals surface area contributed by atoms with Gasteiger partial charge in [-0.25, -0.2) is 4.98 Å². The second kappa shape index (κ2) is 4.81. The maximum atomic E-state index is 11.9. The Morgan fingerprint density at radius 3 is 3.06 bits per heavy atom. The number of halogens is 1.